The molecule has 0 heterocycles. The molecule has 0 aliphatic heterocycles. The van der Waals surface area contributed by atoms with Crippen LogP contribution in [0.15, 0.2) is 30.8 Å². The van der Waals surface area contributed by atoms with Gasteiger partial charge in [-0.25, -0.2) is 0 Å². The Balaban J connectivity index is 3.27. The number of hydrogen-bond acceptors (Lipinski definition) is 1. The molecule has 0 atom stereocenters. The minimum absolute atomic E-state index is 1.59. The molecule has 0 fully saturated rings. The van der Waals surface area contributed by atoms with Gasteiger partial charge in [0, 0.05) is 6.20 Å². The largest absolute Gasteiger partial charge is 0.362 e. The van der Waals surface area contributed by atoms with E-state index in [1.54, 1.807) is 12.4 Å². The Morgan fingerprint density at radius 3 is 2.86 bits per heavy atom. The van der Waals surface area contributed by atoms with Gasteiger partial charge in [0.1, 0.15) is 0 Å². The lowest BCUT2D eigenvalue weighted by Gasteiger charge is -1.76. The summed E-state index contributed by atoms with van der Waals surface area (Å²) in [5.41, 5.74) is 2.82. The molecule has 38 valence electrons. The maximum Gasteiger partial charge on any atom is 0.0433 e. The smallest absolute Gasteiger partial charge is 0.0433 e. The molecular weight excluding hydrogens is 86.1 g/mol. The molecule has 7 heavy (non-hydrogen) atoms. The third kappa shape index (κ3) is 5.06. The zero-order chi connectivity index (χ0) is 5.54. The molecule has 1 heteroatoms. The van der Waals surface area contributed by atoms with E-state index < -0.39 is 0 Å². The highest BCUT2D eigenvalue weighted by Crippen LogP contribution is 1.58. The molecule has 0 aliphatic rings. The molecule has 0 unspecified atom stereocenters. The summed E-state index contributed by atoms with van der Waals surface area (Å²) >= 11 is 0. The Labute approximate surface area is 44.0 Å². The predicted molar refractivity (Wildman–Crippen MR) is 31.7 cm³/mol. The van der Waals surface area contributed by atoms with Crippen molar-refractivity contribution >= 4 is 0 Å². The summed E-state index contributed by atoms with van der Waals surface area (Å²) in [6.45, 7) is 5.34. The van der Waals surface area contributed by atoms with E-state index in [2.05, 4.69) is 17.6 Å². The van der Waals surface area contributed by atoms with E-state index in [0.29, 0.717) is 0 Å². The normalized spacial score (nSPS) is 5.86. The fourth-order valence-corrected chi connectivity index (χ4v) is 0.190. The highest BCUT2D eigenvalue weighted by molar-refractivity contribution is 4.83. The Kier molecular flexibility index (Phi) is 4.38. The Hall–Kier alpha value is -0.940. The van der Waals surface area contributed by atoms with E-state index in [1.807, 2.05) is 13.0 Å². The fourth-order valence-electron chi connectivity index (χ4n) is 0.190. The van der Waals surface area contributed by atoms with Crippen molar-refractivity contribution in [3.63, 3.8) is 0 Å². The Morgan fingerprint density at radius 1 is 1.71 bits per heavy atom. The summed E-state index contributed by atoms with van der Waals surface area (Å²) in [6, 6.07) is 0. The Bertz CT molecular complexity index is 96.7. The van der Waals surface area contributed by atoms with Crippen LogP contribution in [0.25, 0.3) is 0 Å². The molecule has 0 aromatic heterocycles. The van der Waals surface area contributed by atoms with Crippen LogP contribution in [0, 0.1) is 0 Å². The van der Waals surface area contributed by atoms with Gasteiger partial charge in [-0.3, -0.25) is 0 Å². The van der Waals surface area contributed by atoms with Crippen LogP contribution in [-0.4, -0.2) is 0 Å². The maximum absolute atomic E-state index is 3.44. The summed E-state index contributed by atoms with van der Waals surface area (Å²) in [5.74, 6) is 0. The Morgan fingerprint density at radius 2 is 2.43 bits per heavy atom. The lowest BCUT2D eigenvalue weighted by molar-refractivity contribution is 1.21. The molecule has 1 N–H and O–H groups in total. The lowest BCUT2D eigenvalue weighted by Crippen LogP contribution is -1.86. The summed E-state index contributed by atoms with van der Waals surface area (Å²) < 4.78 is 0. The predicted octanol–water partition coefficient (Wildman–Crippen LogP) is 1.41. The number of rotatable bonds is 2. The molecule has 0 aromatic carbocycles. The molecular formula is C6H9N. The van der Waals surface area contributed by atoms with Crippen LogP contribution in [-0.2, 0) is 0 Å². The molecule has 0 radical (unpaired) electrons. The fraction of sp³-hybridized carbons (Fsp3) is 0.167. The van der Waals surface area contributed by atoms with Crippen LogP contribution < -0.4 is 5.32 Å². The highest BCUT2D eigenvalue weighted by atomic mass is 14.8. The molecule has 0 amide bonds. The van der Waals surface area contributed by atoms with Crippen LogP contribution in [0.5, 0.6) is 0 Å². The molecule has 1 nitrogen and oxygen atoms in total. The van der Waals surface area contributed by atoms with Gasteiger partial charge < -0.3 is 5.32 Å². The molecule has 0 aromatic rings. The highest BCUT2D eigenvalue weighted by Gasteiger charge is 1.50. The van der Waals surface area contributed by atoms with Crippen molar-refractivity contribution in [1.82, 2.24) is 5.32 Å². The van der Waals surface area contributed by atoms with Gasteiger partial charge in [0.25, 0.3) is 0 Å². The third-order valence-electron chi connectivity index (χ3n) is 0.451. The zero-order valence-corrected chi connectivity index (χ0v) is 4.44. The van der Waals surface area contributed by atoms with Gasteiger partial charge in [-0.05, 0) is 19.2 Å². The molecule has 0 saturated heterocycles. The van der Waals surface area contributed by atoms with Crippen LogP contribution in [0.2, 0.25) is 0 Å². The quantitative estimate of drug-likeness (QED) is 0.511. The van der Waals surface area contributed by atoms with Crippen molar-refractivity contribution in [1.29, 1.82) is 0 Å². The van der Waals surface area contributed by atoms with Crippen LogP contribution in [0.3, 0.4) is 0 Å². The van der Waals surface area contributed by atoms with E-state index in [4.69, 9.17) is 0 Å². The molecule has 0 rings (SSSR count). The van der Waals surface area contributed by atoms with Gasteiger partial charge in [-0.15, -0.1) is 5.73 Å². The minimum Gasteiger partial charge on any atom is -0.362 e. The summed E-state index contributed by atoms with van der Waals surface area (Å²) in [6.07, 6.45) is 5.10. The second-order valence-corrected chi connectivity index (χ2v) is 0.970. The zero-order valence-electron chi connectivity index (χ0n) is 4.44. The monoisotopic (exact) mass is 95.1 g/mol. The summed E-state index contributed by atoms with van der Waals surface area (Å²) in [5, 5.41) is 2.75. The summed E-state index contributed by atoms with van der Waals surface area (Å²) in [7, 11) is 0. The number of hydrogen-bond donors (Lipinski definition) is 1. The molecule has 0 aliphatic carbocycles. The van der Waals surface area contributed by atoms with Crippen molar-refractivity contribution in [3.8, 4) is 0 Å². The van der Waals surface area contributed by atoms with Gasteiger partial charge in [0.05, 0.1) is 0 Å². The first-order chi connectivity index (χ1) is 3.41. The maximum atomic E-state index is 3.44. The van der Waals surface area contributed by atoms with Crippen molar-refractivity contribution in [3.05, 3.63) is 30.8 Å². The summed E-state index contributed by atoms with van der Waals surface area (Å²) in [4.78, 5) is 0. The molecule has 0 spiro atoms. The van der Waals surface area contributed by atoms with Gasteiger partial charge in [0.2, 0.25) is 0 Å². The van der Waals surface area contributed by atoms with E-state index >= 15 is 0 Å². The van der Waals surface area contributed by atoms with Crippen molar-refractivity contribution in [2.45, 2.75) is 6.92 Å². The van der Waals surface area contributed by atoms with Gasteiger partial charge >= 0.3 is 0 Å². The standard InChI is InChI=1S/C6H9N/c1-3-5-6-7-4-2/h3-4,6-7H,2H2,1H3. The number of allylic oxidation sites excluding steroid dienone is 1. The topological polar surface area (TPSA) is 12.0 Å². The lowest BCUT2D eigenvalue weighted by atomic mass is 10.7. The van der Waals surface area contributed by atoms with Crippen LogP contribution in [0.4, 0.5) is 0 Å². The van der Waals surface area contributed by atoms with E-state index in [0.717, 1.165) is 0 Å². The van der Waals surface area contributed by atoms with Gasteiger partial charge in [0.15, 0.2) is 0 Å². The first kappa shape index (κ1) is 6.06. The van der Waals surface area contributed by atoms with Crippen molar-refractivity contribution in [2.75, 3.05) is 0 Å². The van der Waals surface area contributed by atoms with E-state index in [1.165, 1.54) is 0 Å². The van der Waals surface area contributed by atoms with E-state index in [-0.39, 0.29) is 0 Å². The van der Waals surface area contributed by atoms with Crippen LogP contribution in [0.1, 0.15) is 6.92 Å². The second kappa shape index (κ2) is 5.06. The SMILES string of the molecule is C=CNC=C=CC. The number of nitrogens with one attached hydrogen (secondary N) is 1. The molecule has 0 saturated carbocycles. The van der Waals surface area contributed by atoms with Crippen molar-refractivity contribution < 1.29 is 0 Å². The molecule has 0 bridgehead atoms. The van der Waals surface area contributed by atoms with E-state index in [9.17, 15) is 0 Å². The first-order valence-electron chi connectivity index (χ1n) is 2.14. The van der Waals surface area contributed by atoms with Gasteiger partial charge in [-0.2, -0.15) is 0 Å². The average Bonchev–Trinajstić information content (AvgIpc) is 1.69. The van der Waals surface area contributed by atoms with Crippen molar-refractivity contribution in [2.24, 2.45) is 0 Å². The van der Waals surface area contributed by atoms with Crippen LogP contribution >= 0.6 is 0 Å². The average molecular weight is 95.1 g/mol. The first-order valence-corrected chi connectivity index (χ1v) is 2.14. The van der Waals surface area contributed by atoms with Gasteiger partial charge in [-0.1, -0.05) is 6.58 Å². The second-order valence-electron chi connectivity index (χ2n) is 0.970. The minimum atomic E-state index is 1.59. The third-order valence-corrected chi connectivity index (χ3v) is 0.451.